The van der Waals surface area contributed by atoms with Crippen LogP contribution < -0.4 is 9.64 Å². The molecule has 5 heteroatoms. The van der Waals surface area contributed by atoms with Gasteiger partial charge in [-0.15, -0.1) is 0 Å². The highest BCUT2D eigenvalue weighted by Gasteiger charge is 2.25. The van der Waals surface area contributed by atoms with Gasteiger partial charge in [-0.2, -0.15) is 0 Å². The Morgan fingerprint density at radius 1 is 1.20 bits per heavy atom. The lowest BCUT2D eigenvalue weighted by atomic mass is 9.98. The number of aromatic nitrogens is 2. The number of hydrogen-bond acceptors (Lipinski definition) is 4. The minimum atomic E-state index is 0.514. The molecular weight excluding hydrogens is 274 g/mol. The average Bonchev–Trinajstić information content (AvgIpc) is 2.98. The quantitative estimate of drug-likeness (QED) is 0.870. The Balaban J connectivity index is 1.71. The maximum Gasteiger partial charge on any atom is 0.225 e. The first-order valence-electron chi connectivity index (χ1n) is 6.62. The third-order valence-electron chi connectivity index (χ3n) is 3.67. The highest BCUT2D eigenvalue weighted by Crippen LogP contribution is 2.30. The fourth-order valence-electron chi connectivity index (χ4n) is 2.56. The van der Waals surface area contributed by atoms with Gasteiger partial charge in [0.2, 0.25) is 5.95 Å². The summed E-state index contributed by atoms with van der Waals surface area (Å²) in [6, 6.07) is 8.29. The van der Waals surface area contributed by atoms with Crippen molar-refractivity contribution < 1.29 is 4.74 Å². The molecule has 1 aliphatic heterocycles. The smallest absolute Gasteiger partial charge is 0.225 e. The third kappa shape index (κ3) is 2.70. The molecule has 0 amide bonds. The van der Waals surface area contributed by atoms with Crippen molar-refractivity contribution in [2.24, 2.45) is 0 Å². The van der Waals surface area contributed by atoms with Crippen molar-refractivity contribution in [3.05, 3.63) is 47.2 Å². The van der Waals surface area contributed by atoms with Crippen LogP contribution in [0.3, 0.4) is 0 Å². The van der Waals surface area contributed by atoms with Gasteiger partial charge in [-0.05, 0) is 24.1 Å². The molecule has 0 saturated carbocycles. The SMILES string of the molecule is COc1ccc([C@H]2CCN(c3ncc(Cl)cn3)C2)cc1. The van der Waals surface area contributed by atoms with Crippen LogP contribution in [-0.2, 0) is 0 Å². The normalized spacial score (nSPS) is 18.3. The number of nitrogens with zero attached hydrogens (tertiary/aromatic N) is 3. The molecule has 0 aliphatic carbocycles. The molecule has 4 nitrogen and oxygen atoms in total. The van der Waals surface area contributed by atoms with Gasteiger partial charge in [-0.1, -0.05) is 23.7 Å². The fourth-order valence-corrected chi connectivity index (χ4v) is 2.66. The zero-order valence-corrected chi connectivity index (χ0v) is 12.0. The van der Waals surface area contributed by atoms with E-state index in [4.69, 9.17) is 16.3 Å². The van der Waals surface area contributed by atoms with E-state index in [2.05, 4.69) is 27.0 Å². The number of halogens is 1. The second kappa shape index (κ2) is 5.67. The number of benzene rings is 1. The summed E-state index contributed by atoms with van der Waals surface area (Å²) in [5, 5.41) is 0.569. The first-order valence-corrected chi connectivity index (χ1v) is 7.00. The number of rotatable bonds is 3. The molecule has 0 N–H and O–H groups in total. The monoisotopic (exact) mass is 289 g/mol. The molecule has 1 aromatic carbocycles. The maximum atomic E-state index is 5.82. The van der Waals surface area contributed by atoms with Gasteiger partial charge < -0.3 is 9.64 Å². The van der Waals surface area contributed by atoms with E-state index in [1.54, 1.807) is 19.5 Å². The van der Waals surface area contributed by atoms with Crippen molar-refractivity contribution in [3.63, 3.8) is 0 Å². The van der Waals surface area contributed by atoms with Crippen LogP contribution in [0.25, 0.3) is 0 Å². The van der Waals surface area contributed by atoms with Gasteiger partial charge >= 0.3 is 0 Å². The van der Waals surface area contributed by atoms with E-state index in [0.29, 0.717) is 10.9 Å². The molecule has 2 heterocycles. The number of ether oxygens (including phenoxy) is 1. The van der Waals surface area contributed by atoms with Gasteiger partial charge in [0.05, 0.1) is 24.5 Å². The molecule has 1 fully saturated rings. The molecule has 0 radical (unpaired) electrons. The van der Waals surface area contributed by atoms with Crippen LogP contribution in [0.1, 0.15) is 17.9 Å². The van der Waals surface area contributed by atoms with E-state index in [9.17, 15) is 0 Å². The first-order chi connectivity index (χ1) is 9.76. The first kappa shape index (κ1) is 13.2. The summed E-state index contributed by atoms with van der Waals surface area (Å²) < 4.78 is 5.19. The van der Waals surface area contributed by atoms with Crippen molar-refractivity contribution in [3.8, 4) is 5.75 Å². The van der Waals surface area contributed by atoms with Gasteiger partial charge in [-0.25, -0.2) is 9.97 Å². The summed E-state index contributed by atoms with van der Waals surface area (Å²) in [5.41, 5.74) is 1.34. The summed E-state index contributed by atoms with van der Waals surface area (Å²) in [4.78, 5) is 10.8. The topological polar surface area (TPSA) is 38.2 Å². The Hall–Kier alpha value is -1.81. The highest BCUT2D eigenvalue weighted by atomic mass is 35.5. The van der Waals surface area contributed by atoms with Crippen LogP contribution in [0.15, 0.2) is 36.7 Å². The Morgan fingerprint density at radius 2 is 1.90 bits per heavy atom. The minimum Gasteiger partial charge on any atom is -0.497 e. The zero-order chi connectivity index (χ0) is 13.9. The van der Waals surface area contributed by atoms with Gasteiger partial charge in [-0.3, -0.25) is 0 Å². The number of anilines is 1. The van der Waals surface area contributed by atoms with E-state index in [1.165, 1.54) is 5.56 Å². The standard InChI is InChI=1S/C15H16ClN3O/c1-20-14-4-2-11(3-5-14)12-6-7-19(10-12)15-17-8-13(16)9-18-15/h2-5,8-9,12H,6-7,10H2,1H3/t12-/m0/s1. The lowest BCUT2D eigenvalue weighted by molar-refractivity contribution is 0.414. The summed E-state index contributed by atoms with van der Waals surface area (Å²) in [7, 11) is 1.68. The Morgan fingerprint density at radius 3 is 2.55 bits per heavy atom. The van der Waals surface area contributed by atoms with Crippen LogP contribution in [0.5, 0.6) is 5.75 Å². The van der Waals surface area contributed by atoms with E-state index in [1.807, 2.05) is 12.1 Å². The summed E-state index contributed by atoms with van der Waals surface area (Å²) in [6.07, 6.45) is 4.40. The summed E-state index contributed by atoms with van der Waals surface area (Å²) in [6.45, 7) is 1.91. The van der Waals surface area contributed by atoms with Gasteiger partial charge in [0, 0.05) is 19.0 Å². The van der Waals surface area contributed by atoms with Crippen LogP contribution in [0.4, 0.5) is 5.95 Å². The van der Waals surface area contributed by atoms with Gasteiger partial charge in [0.15, 0.2) is 0 Å². The molecule has 1 atom stereocenters. The van der Waals surface area contributed by atoms with Crippen molar-refractivity contribution in [1.29, 1.82) is 0 Å². The third-order valence-corrected chi connectivity index (χ3v) is 3.86. The zero-order valence-electron chi connectivity index (χ0n) is 11.3. The van der Waals surface area contributed by atoms with Gasteiger partial charge in [0.1, 0.15) is 5.75 Å². The largest absolute Gasteiger partial charge is 0.497 e. The maximum absolute atomic E-state index is 5.82. The van der Waals surface area contributed by atoms with E-state index >= 15 is 0 Å². The van der Waals surface area contributed by atoms with Crippen LogP contribution in [0, 0.1) is 0 Å². The van der Waals surface area contributed by atoms with Crippen LogP contribution in [-0.4, -0.2) is 30.2 Å². The molecule has 0 bridgehead atoms. The predicted octanol–water partition coefficient (Wildman–Crippen LogP) is 3.13. The second-order valence-electron chi connectivity index (χ2n) is 4.91. The van der Waals surface area contributed by atoms with Crippen LogP contribution in [0.2, 0.25) is 5.02 Å². The molecule has 0 unspecified atom stereocenters. The summed E-state index contributed by atoms with van der Waals surface area (Å²) in [5.74, 6) is 2.16. The van der Waals surface area contributed by atoms with Crippen LogP contribution >= 0.6 is 11.6 Å². The molecule has 2 aromatic rings. The Labute approximate surface area is 123 Å². The molecule has 1 aliphatic rings. The molecule has 1 saturated heterocycles. The molecule has 3 rings (SSSR count). The molecular formula is C15H16ClN3O. The number of methoxy groups -OCH3 is 1. The predicted molar refractivity (Wildman–Crippen MR) is 79.6 cm³/mol. The molecule has 1 aromatic heterocycles. The van der Waals surface area contributed by atoms with E-state index in [-0.39, 0.29) is 0 Å². The summed E-state index contributed by atoms with van der Waals surface area (Å²) >= 11 is 5.82. The lowest BCUT2D eigenvalue weighted by Crippen LogP contribution is -2.21. The Kier molecular flexibility index (Phi) is 3.74. The molecule has 0 spiro atoms. The van der Waals surface area contributed by atoms with Crippen molar-refractivity contribution in [1.82, 2.24) is 9.97 Å². The number of hydrogen-bond donors (Lipinski definition) is 0. The molecule has 20 heavy (non-hydrogen) atoms. The molecule has 104 valence electrons. The van der Waals surface area contributed by atoms with Crippen molar-refractivity contribution >= 4 is 17.5 Å². The van der Waals surface area contributed by atoms with Gasteiger partial charge in [0.25, 0.3) is 0 Å². The van der Waals surface area contributed by atoms with E-state index in [0.717, 1.165) is 31.2 Å². The van der Waals surface area contributed by atoms with E-state index < -0.39 is 0 Å². The second-order valence-corrected chi connectivity index (χ2v) is 5.34. The van der Waals surface area contributed by atoms with Crippen molar-refractivity contribution in [2.75, 3.05) is 25.1 Å². The lowest BCUT2D eigenvalue weighted by Gasteiger charge is -2.16. The van der Waals surface area contributed by atoms with Crippen molar-refractivity contribution in [2.45, 2.75) is 12.3 Å². The average molecular weight is 290 g/mol. The highest BCUT2D eigenvalue weighted by molar-refractivity contribution is 6.30. The minimum absolute atomic E-state index is 0.514. The Bertz CT molecular complexity index is 571. The fraction of sp³-hybridized carbons (Fsp3) is 0.333.